The molecule has 1 aromatic heterocycles. The number of aromatic nitrogens is 1. The molecule has 6 nitrogen and oxygen atoms in total. The van der Waals surface area contributed by atoms with Crippen LogP contribution in [-0.2, 0) is 16.1 Å². The summed E-state index contributed by atoms with van der Waals surface area (Å²) in [6.45, 7) is 7.23. The van der Waals surface area contributed by atoms with Crippen LogP contribution in [0.25, 0.3) is 0 Å². The average molecular weight is 293 g/mol. The lowest BCUT2D eigenvalue weighted by Crippen LogP contribution is -2.34. The van der Waals surface area contributed by atoms with Crippen molar-refractivity contribution in [3.63, 3.8) is 0 Å². The Bertz CT molecular complexity index is 551. The van der Waals surface area contributed by atoms with E-state index < -0.39 is 12.0 Å². The quantitative estimate of drug-likeness (QED) is 0.845. The first-order valence-corrected chi connectivity index (χ1v) is 7.33. The molecule has 0 saturated carbocycles. The van der Waals surface area contributed by atoms with Gasteiger partial charge < -0.3 is 20.4 Å². The number of hydrogen-bond donors (Lipinski definition) is 2. The molecule has 21 heavy (non-hydrogen) atoms. The van der Waals surface area contributed by atoms with Gasteiger partial charge in [-0.1, -0.05) is 0 Å². The molecular formula is C15H23N3O3. The third-order valence-electron chi connectivity index (χ3n) is 4.05. The third-order valence-corrected chi connectivity index (χ3v) is 4.05. The monoisotopic (exact) mass is 293 g/mol. The number of nitrogens with zero attached hydrogens (tertiary/aromatic N) is 1. The Kier molecular flexibility index (Phi) is 4.67. The Hall–Kier alpha value is -1.82. The zero-order valence-electron chi connectivity index (χ0n) is 12.8. The lowest BCUT2D eigenvalue weighted by atomic mass is 10.2. The van der Waals surface area contributed by atoms with Crippen molar-refractivity contribution in [1.82, 2.24) is 9.88 Å². The van der Waals surface area contributed by atoms with Crippen molar-refractivity contribution in [3.05, 3.63) is 23.0 Å². The van der Waals surface area contributed by atoms with Gasteiger partial charge in [-0.25, -0.2) is 0 Å². The highest BCUT2D eigenvalue weighted by Crippen LogP contribution is 2.19. The number of primary amides is 1. The topological polar surface area (TPSA) is 86.4 Å². The van der Waals surface area contributed by atoms with E-state index in [-0.39, 0.29) is 12.0 Å². The van der Waals surface area contributed by atoms with Crippen molar-refractivity contribution < 1.29 is 14.3 Å². The van der Waals surface area contributed by atoms with Crippen molar-refractivity contribution in [3.8, 4) is 0 Å². The Morgan fingerprint density at radius 2 is 2.14 bits per heavy atom. The maximum Gasteiger partial charge on any atom is 0.253 e. The van der Waals surface area contributed by atoms with Crippen molar-refractivity contribution in [1.29, 1.82) is 0 Å². The number of ether oxygens (including phenoxy) is 1. The maximum atomic E-state index is 12.2. The Morgan fingerprint density at radius 3 is 2.67 bits per heavy atom. The van der Waals surface area contributed by atoms with Crippen LogP contribution in [0.3, 0.4) is 0 Å². The molecule has 1 aromatic rings. The summed E-state index contributed by atoms with van der Waals surface area (Å²) in [5.41, 5.74) is 7.94. The van der Waals surface area contributed by atoms with E-state index in [0.29, 0.717) is 18.5 Å². The molecule has 116 valence electrons. The highest BCUT2D eigenvalue weighted by molar-refractivity contribution is 5.95. The van der Waals surface area contributed by atoms with E-state index in [4.69, 9.17) is 10.5 Å². The molecule has 0 aliphatic carbocycles. The highest BCUT2D eigenvalue weighted by atomic mass is 16.5. The molecule has 0 bridgehead atoms. The van der Waals surface area contributed by atoms with Gasteiger partial charge >= 0.3 is 0 Å². The van der Waals surface area contributed by atoms with E-state index in [1.54, 1.807) is 0 Å². The van der Waals surface area contributed by atoms with Gasteiger partial charge in [0.15, 0.2) is 0 Å². The second-order valence-electron chi connectivity index (χ2n) is 5.47. The summed E-state index contributed by atoms with van der Waals surface area (Å²) < 4.78 is 7.60. The Labute approximate surface area is 124 Å². The van der Waals surface area contributed by atoms with Crippen LogP contribution in [-0.4, -0.2) is 35.1 Å². The second-order valence-corrected chi connectivity index (χ2v) is 5.47. The van der Waals surface area contributed by atoms with E-state index in [9.17, 15) is 9.59 Å². The zero-order chi connectivity index (χ0) is 15.6. The Morgan fingerprint density at radius 1 is 1.43 bits per heavy atom. The molecule has 1 aliphatic rings. The molecule has 0 spiro atoms. The lowest BCUT2D eigenvalue weighted by Gasteiger charge is -2.13. The van der Waals surface area contributed by atoms with Gasteiger partial charge in [0, 0.05) is 24.5 Å². The van der Waals surface area contributed by atoms with E-state index in [1.807, 2.05) is 19.9 Å². The zero-order valence-corrected chi connectivity index (χ0v) is 12.8. The summed E-state index contributed by atoms with van der Waals surface area (Å²) in [5, 5.41) is 2.88. The summed E-state index contributed by atoms with van der Waals surface area (Å²) in [7, 11) is 0. The van der Waals surface area contributed by atoms with Gasteiger partial charge in [0.1, 0.15) is 6.10 Å². The number of amides is 2. The first-order chi connectivity index (χ1) is 9.93. The van der Waals surface area contributed by atoms with Crippen LogP contribution in [0.4, 0.5) is 0 Å². The fraction of sp³-hybridized carbons (Fsp3) is 0.600. The fourth-order valence-corrected chi connectivity index (χ4v) is 2.88. The minimum absolute atomic E-state index is 0.103. The van der Waals surface area contributed by atoms with Crippen LogP contribution < -0.4 is 11.1 Å². The van der Waals surface area contributed by atoms with Crippen LogP contribution in [0.2, 0.25) is 0 Å². The predicted molar refractivity (Wildman–Crippen MR) is 79.0 cm³/mol. The van der Waals surface area contributed by atoms with Crippen molar-refractivity contribution >= 4 is 11.8 Å². The largest absolute Gasteiger partial charge is 0.367 e. The fourth-order valence-electron chi connectivity index (χ4n) is 2.88. The van der Waals surface area contributed by atoms with E-state index in [1.165, 1.54) is 0 Å². The lowest BCUT2D eigenvalue weighted by molar-refractivity contribution is -0.128. The molecule has 3 N–H and O–H groups in total. The summed E-state index contributed by atoms with van der Waals surface area (Å²) in [5.74, 6) is -0.538. The number of aryl methyl sites for hydroxylation is 1. The SMILES string of the molecule is CCn1c(C)cc(C(=O)NC[C@H]2CC[C@H](C(N)=O)O2)c1C. The molecule has 2 atom stereocenters. The average Bonchev–Trinajstić information content (AvgIpc) is 3.01. The summed E-state index contributed by atoms with van der Waals surface area (Å²) >= 11 is 0. The molecule has 1 fully saturated rings. The van der Waals surface area contributed by atoms with Gasteiger partial charge in [0.05, 0.1) is 11.7 Å². The van der Waals surface area contributed by atoms with Gasteiger partial charge in [-0.15, -0.1) is 0 Å². The van der Waals surface area contributed by atoms with E-state index in [2.05, 4.69) is 16.8 Å². The maximum absolute atomic E-state index is 12.2. The van der Waals surface area contributed by atoms with Gasteiger partial charge in [0.2, 0.25) is 5.91 Å². The molecular weight excluding hydrogens is 270 g/mol. The number of rotatable bonds is 5. The minimum Gasteiger partial charge on any atom is -0.367 e. The standard InChI is InChI=1S/C15H23N3O3/c1-4-18-9(2)7-12(10(18)3)15(20)17-8-11-5-6-13(21-11)14(16)19/h7,11,13H,4-6,8H2,1-3H3,(H2,16,19)(H,17,20)/t11-,13-/m1/s1. The van der Waals surface area contributed by atoms with Gasteiger partial charge in [-0.2, -0.15) is 0 Å². The third kappa shape index (κ3) is 3.26. The Balaban J connectivity index is 1.93. The van der Waals surface area contributed by atoms with Gasteiger partial charge in [0.25, 0.3) is 5.91 Å². The van der Waals surface area contributed by atoms with Crippen LogP contribution in [0, 0.1) is 13.8 Å². The number of nitrogens with two attached hydrogens (primary N) is 1. The number of carbonyl (C=O) groups is 2. The van der Waals surface area contributed by atoms with E-state index in [0.717, 1.165) is 24.4 Å². The van der Waals surface area contributed by atoms with Crippen molar-refractivity contribution in [2.24, 2.45) is 5.73 Å². The highest BCUT2D eigenvalue weighted by Gasteiger charge is 2.29. The van der Waals surface area contributed by atoms with Crippen LogP contribution in [0.15, 0.2) is 6.07 Å². The first-order valence-electron chi connectivity index (χ1n) is 7.33. The number of nitrogens with one attached hydrogen (secondary N) is 1. The molecule has 0 aromatic carbocycles. The van der Waals surface area contributed by atoms with Crippen molar-refractivity contribution in [2.75, 3.05) is 6.54 Å². The van der Waals surface area contributed by atoms with Crippen molar-refractivity contribution in [2.45, 2.75) is 52.4 Å². The predicted octanol–water partition coefficient (Wildman–Crippen LogP) is 0.888. The molecule has 2 rings (SSSR count). The minimum atomic E-state index is -0.517. The summed E-state index contributed by atoms with van der Waals surface area (Å²) in [6, 6.07) is 1.90. The molecule has 1 aliphatic heterocycles. The molecule has 1 saturated heterocycles. The normalized spacial score (nSPS) is 21.5. The molecule has 2 amide bonds. The van der Waals surface area contributed by atoms with Gasteiger partial charge in [-0.05, 0) is 39.7 Å². The summed E-state index contributed by atoms with van der Waals surface area (Å²) in [4.78, 5) is 23.3. The first kappa shape index (κ1) is 15.6. The molecule has 0 unspecified atom stereocenters. The number of hydrogen-bond acceptors (Lipinski definition) is 3. The van der Waals surface area contributed by atoms with Gasteiger partial charge in [-0.3, -0.25) is 9.59 Å². The second kappa shape index (κ2) is 6.30. The van der Waals surface area contributed by atoms with Crippen LogP contribution >= 0.6 is 0 Å². The summed E-state index contributed by atoms with van der Waals surface area (Å²) in [6.07, 6.45) is 0.709. The van der Waals surface area contributed by atoms with E-state index >= 15 is 0 Å². The molecule has 2 heterocycles. The number of carbonyl (C=O) groups excluding carboxylic acids is 2. The smallest absolute Gasteiger partial charge is 0.253 e. The molecule has 0 radical (unpaired) electrons. The molecule has 6 heteroatoms. The van der Waals surface area contributed by atoms with Crippen LogP contribution in [0.1, 0.15) is 41.5 Å². The van der Waals surface area contributed by atoms with Crippen LogP contribution in [0.5, 0.6) is 0 Å².